The molecule has 19 heavy (non-hydrogen) atoms. The smallest absolute Gasteiger partial charge is 0.321 e. The number of urea groups is 1. The van der Waals surface area contributed by atoms with E-state index in [0.29, 0.717) is 19.7 Å². The van der Waals surface area contributed by atoms with E-state index in [1.54, 1.807) is 4.90 Å². The highest BCUT2D eigenvalue weighted by Crippen LogP contribution is 2.26. The fourth-order valence-electron chi connectivity index (χ4n) is 1.77. The highest BCUT2D eigenvalue weighted by molar-refractivity contribution is 5.91. The van der Waals surface area contributed by atoms with Gasteiger partial charge in [0.2, 0.25) is 0 Å². The molecule has 1 rings (SSSR count). The van der Waals surface area contributed by atoms with Crippen LogP contribution in [0.25, 0.3) is 0 Å². The van der Waals surface area contributed by atoms with Gasteiger partial charge in [-0.3, -0.25) is 0 Å². The Morgan fingerprint density at radius 3 is 2.53 bits per heavy atom. The minimum Gasteiger partial charge on any atom is -0.491 e. The van der Waals surface area contributed by atoms with Crippen LogP contribution in [0.5, 0.6) is 5.75 Å². The summed E-state index contributed by atoms with van der Waals surface area (Å²) < 4.78 is 5.68. The number of ether oxygens (including phenoxy) is 1. The number of rotatable bonds is 6. The number of carbonyl (C=O) groups excluding carboxylic acids is 1. The number of amides is 2. The second-order valence-corrected chi connectivity index (χ2v) is 4.45. The standard InChI is InChI=1S/C15H24N2O2/c1-5-10-19-14-11-12(4)8-9-13(14)16-15(18)17(6-2)7-3/h8-9,11H,5-7,10H2,1-4H3,(H,16,18). The van der Waals surface area contributed by atoms with Gasteiger partial charge in [-0.25, -0.2) is 4.79 Å². The van der Waals surface area contributed by atoms with Crippen LogP contribution in [0, 0.1) is 6.92 Å². The van der Waals surface area contributed by atoms with Crippen LogP contribution in [0.1, 0.15) is 32.8 Å². The lowest BCUT2D eigenvalue weighted by Gasteiger charge is -2.20. The van der Waals surface area contributed by atoms with E-state index < -0.39 is 0 Å². The molecule has 0 unspecified atom stereocenters. The van der Waals surface area contributed by atoms with Crippen molar-refractivity contribution in [3.05, 3.63) is 23.8 Å². The third-order valence-electron chi connectivity index (χ3n) is 2.89. The molecule has 1 aromatic carbocycles. The average Bonchev–Trinajstić information content (AvgIpc) is 2.40. The summed E-state index contributed by atoms with van der Waals surface area (Å²) in [5, 5.41) is 2.91. The molecule has 0 bridgehead atoms. The molecule has 0 aliphatic heterocycles. The van der Waals surface area contributed by atoms with Gasteiger partial charge in [-0.05, 0) is 44.9 Å². The van der Waals surface area contributed by atoms with Crippen LogP contribution in [0.2, 0.25) is 0 Å². The van der Waals surface area contributed by atoms with Crippen LogP contribution in [-0.2, 0) is 0 Å². The van der Waals surface area contributed by atoms with Gasteiger partial charge in [0, 0.05) is 13.1 Å². The number of benzene rings is 1. The molecule has 4 nitrogen and oxygen atoms in total. The summed E-state index contributed by atoms with van der Waals surface area (Å²) in [5.74, 6) is 0.738. The lowest BCUT2D eigenvalue weighted by molar-refractivity contribution is 0.217. The molecule has 0 aliphatic rings. The molecule has 0 aliphatic carbocycles. The molecule has 0 saturated heterocycles. The summed E-state index contributed by atoms with van der Waals surface area (Å²) in [6, 6.07) is 5.72. The number of hydrogen-bond donors (Lipinski definition) is 1. The first kappa shape index (κ1) is 15.3. The average molecular weight is 264 g/mol. The summed E-state index contributed by atoms with van der Waals surface area (Å²) >= 11 is 0. The first-order valence-electron chi connectivity index (χ1n) is 6.91. The first-order chi connectivity index (χ1) is 9.12. The van der Waals surface area contributed by atoms with Crippen molar-refractivity contribution in [2.24, 2.45) is 0 Å². The molecule has 106 valence electrons. The molecular weight excluding hydrogens is 240 g/mol. The van der Waals surface area contributed by atoms with E-state index in [1.807, 2.05) is 39.0 Å². The Bertz CT molecular complexity index is 415. The monoisotopic (exact) mass is 264 g/mol. The third kappa shape index (κ3) is 4.47. The van der Waals surface area contributed by atoms with Gasteiger partial charge in [0.25, 0.3) is 0 Å². The molecule has 0 aromatic heterocycles. The van der Waals surface area contributed by atoms with Gasteiger partial charge < -0.3 is 15.0 Å². The van der Waals surface area contributed by atoms with Gasteiger partial charge in [-0.1, -0.05) is 13.0 Å². The Labute approximate surface area is 115 Å². The fourth-order valence-corrected chi connectivity index (χ4v) is 1.77. The number of anilines is 1. The molecule has 0 saturated carbocycles. The van der Waals surface area contributed by atoms with Gasteiger partial charge in [-0.2, -0.15) is 0 Å². The minimum absolute atomic E-state index is 0.0878. The van der Waals surface area contributed by atoms with Crippen molar-refractivity contribution in [1.82, 2.24) is 4.90 Å². The Morgan fingerprint density at radius 2 is 1.95 bits per heavy atom. The molecule has 0 heterocycles. The summed E-state index contributed by atoms with van der Waals surface area (Å²) in [6.45, 7) is 10.0. The van der Waals surface area contributed by atoms with Crippen LogP contribution in [-0.4, -0.2) is 30.6 Å². The molecule has 0 radical (unpaired) electrons. The molecule has 1 aromatic rings. The van der Waals surface area contributed by atoms with Crippen LogP contribution >= 0.6 is 0 Å². The van der Waals surface area contributed by atoms with Gasteiger partial charge in [0.15, 0.2) is 0 Å². The lowest BCUT2D eigenvalue weighted by atomic mass is 10.2. The van der Waals surface area contributed by atoms with Crippen molar-refractivity contribution in [3.63, 3.8) is 0 Å². The van der Waals surface area contributed by atoms with E-state index in [-0.39, 0.29) is 6.03 Å². The molecule has 1 N–H and O–H groups in total. The summed E-state index contributed by atoms with van der Waals surface area (Å²) in [4.78, 5) is 13.8. The molecular formula is C15H24N2O2. The van der Waals surface area contributed by atoms with Gasteiger partial charge >= 0.3 is 6.03 Å². The van der Waals surface area contributed by atoms with Crippen molar-refractivity contribution in [3.8, 4) is 5.75 Å². The zero-order chi connectivity index (χ0) is 14.3. The predicted molar refractivity (Wildman–Crippen MR) is 78.9 cm³/mol. The first-order valence-corrected chi connectivity index (χ1v) is 6.91. The zero-order valence-electron chi connectivity index (χ0n) is 12.3. The maximum Gasteiger partial charge on any atom is 0.321 e. The molecule has 0 atom stereocenters. The SMILES string of the molecule is CCCOc1cc(C)ccc1NC(=O)N(CC)CC. The van der Waals surface area contributed by atoms with Crippen molar-refractivity contribution in [2.75, 3.05) is 25.0 Å². The van der Waals surface area contributed by atoms with E-state index in [1.165, 1.54) is 0 Å². The fraction of sp³-hybridized carbons (Fsp3) is 0.533. The van der Waals surface area contributed by atoms with Gasteiger partial charge in [-0.15, -0.1) is 0 Å². The van der Waals surface area contributed by atoms with Crippen molar-refractivity contribution < 1.29 is 9.53 Å². The van der Waals surface area contributed by atoms with Crippen LogP contribution in [0.3, 0.4) is 0 Å². The highest BCUT2D eigenvalue weighted by atomic mass is 16.5. The van der Waals surface area contributed by atoms with E-state index in [2.05, 4.69) is 12.2 Å². The summed E-state index contributed by atoms with van der Waals surface area (Å²) in [5.41, 5.74) is 1.85. The Kier molecular flexibility index (Phi) is 6.19. The highest BCUT2D eigenvalue weighted by Gasteiger charge is 2.12. The second-order valence-electron chi connectivity index (χ2n) is 4.45. The Hall–Kier alpha value is -1.71. The van der Waals surface area contributed by atoms with E-state index in [0.717, 1.165) is 23.4 Å². The Morgan fingerprint density at radius 1 is 1.26 bits per heavy atom. The molecule has 2 amide bonds. The predicted octanol–water partition coefficient (Wildman–Crippen LogP) is 3.66. The van der Waals surface area contributed by atoms with Crippen LogP contribution < -0.4 is 10.1 Å². The van der Waals surface area contributed by atoms with Crippen molar-refractivity contribution >= 4 is 11.7 Å². The maximum atomic E-state index is 12.0. The minimum atomic E-state index is -0.0878. The van der Waals surface area contributed by atoms with Crippen LogP contribution in [0.15, 0.2) is 18.2 Å². The third-order valence-corrected chi connectivity index (χ3v) is 2.89. The van der Waals surface area contributed by atoms with Crippen LogP contribution in [0.4, 0.5) is 10.5 Å². The number of nitrogens with zero attached hydrogens (tertiary/aromatic N) is 1. The summed E-state index contributed by atoms with van der Waals surface area (Å²) in [6.07, 6.45) is 0.942. The van der Waals surface area contributed by atoms with Crippen molar-refractivity contribution in [2.45, 2.75) is 34.1 Å². The van der Waals surface area contributed by atoms with E-state index >= 15 is 0 Å². The quantitative estimate of drug-likeness (QED) is 0.852. The van der Waals surface area contributed by atoms with E-state index in [4.69, 9.17) is 4.74 Å². The summed E-state index contributed by atoms with van der Waals surface area (Å²) in [7, 11) is 0. The zero-order valence-corrected chi connectivity index (χ0v) is 12.3. The van der Waals surface area contributed by atoms with Gasteiger partial charge in [0.1, 0.15) is 5.75 Å². The van der Waals surface area contributed by atoms with Crippen molar-refractivity contribution in [1.29, 1.82) is 0 Å². The molecule has 4 heteroatoms. The second kappa shape index (κ2) is 7.67. The topological polar surface area (TPSA) is 41.6 Å². The normalized spacial score (nSPS) is 10.1. The maximum absolute atomic E-state index is 12.0. The number of carbonyl (C=O) groups is 1. The number of aryl methyl sites for hydroxylation is 1. The van der Waals surface area contributed by atoms with E-state index in [9.17, 15) is 4.79 Å². The largest absolute Gasteiger partial charge is 0.491 e. The molecule has 0 fully saturated rings. The number of nitrogens with one attached hydrogen (secondary N) is 1. The lowest BCUT2D eigenvalue weighted by Crippen LogP contribution is -2.34. The Balaban J connectivity index is 2.84. The molecule has 0 spiro atoms. The number of hydrogen-bond acceptors (Lipinski definition) is 2. The van der Waals surface area contributed by atoms with Gasteiger partial charge in [0.05, 0.1) is 12.3 Å².